The second kappa shape index (κ2) is 5.97. The van der Waals surface area contributed by atoms with Crippen molar-refractivity contribution in [3.05, 3.63) is 33.8 Å². The van der Waals surface area contributed by atoms with Crippen LogP contribution < -0.4 is 0 Å². The van der Waals surface area contributed by atoms with Gasteiger partial charge in [-0.15, -0.1) is 0 Å². The number of hydrogen-bond donors (Lipinski definition) is 0. The monoisotopic (exact) mass is 261 g/mol. The van der Waals surface area contributed by atoms with Gasteiger partial charge in [0.2, 0.25) is 0 Å². The van der Waals surface area contributed by atoms with E-state index in [0.29, 0.717) is 23.2 Å². The van der Waals surface area contributed by atoms with E-state index < -0.39 is 0 Å². The largest absolute Gasteiger partial charge is 0.450 e. The molecule has 3 nitrogen and oxygen atoms in total. The zero-order chi connectivity index (χ0) is 12.1. The minimum atomic E-state index is -0.376. The molecule has 0 bridgehead atoms. The second-order valence-corrected chi connectivity index (χ2v) is 4.05. The summed E-state index contributed by atoms with van der Waals surface area (Å²) in [6, 6.07) is 5.32. The van der Waals surface area contributed by atoms with Gasteiger partial charge in [0.15, 0.2) is 0 Å². The molecule has 1 aromatic rings. The summed E-state index contributed by atoms with van der Waals surface area (Å²) in [6.45, 7) is 2.49. The van der Waals surface area contributed by atoms with Gasteiger partial charge < -0.3 is 9.64 Å². The highest BCUT2D eigenvalue weighted by Crippen LogP contribution is 2.26. The number of ether oxygens (including phenoxy) is 1. The SMILES string of the molecule is CCOC(=O)N(C)Cc1cccc(Cl)c1Cl. The van der Waals surface area contributed by atoms with Gasteiger partial charge >= 0.3 is 6.09 Å². The number of amides is 1. The van der Waals surface area contributed by atoms with Crippen molar-refractivity contribution in [2.24, 2.45) is 0 Å². The summed E-state index contributed by atoms with van der Waals surface area (Å²) in [5, 5.41) is 0.955. The van der Waals surface area contributed by atoms with Gasteiger partial charge in [0.25, 0.3) is 0 Å². The average molecular weight is 262 g/mol. The van der Waals surface area contributed by atoms with Crippen LogP contribution in [-0.4, -0.2) is 24.6 Å². The highest BCUT2D eigenvalue weighted by molar-refractivity contribution is 6.42. The first-order valence-electron chi connectivity index (χ1n) is 4.87. The lowest BCUT2D eigenvalue weighted by molar-refractivity contribution is 0.114. The molecular weight excluding hydrogens is 249 g/mol. The van der Waals surface area contributed by atoms with Gasteiger partial charge in [-0.3, -0.25) is 0 Å². The lowest BCUT2D eigenvalue weighted by atomic mass is 10.2. The standard InChI is InChI=1S/C11H13Cl2NO2/c1-3-16-11(15)14(2)7-8-5-4-6-9(12)10(8)13/h4-6H,3,7H2,1-2H3. The molecule has 0 fully saturated rings. The van der Waals surface area contributed by atoms with E-state index in [1.165, 1.54) is 4.90 Å². The Morgan fingerprint density at radius 2 is 2.12 bits per heavy atom. The molecule has 0 saturated heterocycles. The summed E-state index contributed by atoms with van der Waals surface area (Å²) in [4.78, 5) is 12.8. The molecule has 0 heterocycles. The van der Waals surface area contributed by atoms with Crippen LogP contribution in [0.4, 0.5) is 4.79 Å². The molecule has 0 spiro atoms. The van der Waals surface area contributed by atoms with E-state index in [1.54, 1.807) is 26.1 Å². The molecule has 0 aliphatic carbocycles. The van der Waals surface area contributed by atoms with E-state index in [2.05, 4.69) is 0 Å². The third kappa shape index (κ3) is 3.29. The lowest BCUT2D eigenvalue weighted by Crippen LogP contribution is -2.27. The van der Waals surface area contributed by atoms with Gasteiger partial charge in [0.1, 0.15) is 0 Å². The Morgan fingerprint density at radius 1 is 1.44 bits per heavy atom. The third-order valence-electron chi connectivity index (χ3n) is 2.02. The van der Waals surface area contributed by atoms with Crippen LogP contribution >= 0.6 is 23.2 Å². The van der Waals surface area contributed by atoms with Crippen LogP contribution in [-0.2, 0) is 11.3 Å². The van der Waals surface area contributed by atoms with Crippen LogP contribution in [0.3, 0.4) is 0 Å². The molecule has 0 radical (unpaired) electrons. The summed E-state index contributed by atoms with van der Waals surface area (Å²) >= 11 is 11.9. The summed E-state index contributed by atoms with van der Waals surface area (Å²) in [7, 11) is 1.65. The van der Waals surface area contributed by atoms with Crippen molar-refractivity contribution < 1.29 is 9.53 Å². The van der Waals surface area contributed by atoms with Crippen LogP contribution in [0.1, 0.15) is 12.5 Å². The number of halogens is 2. The zero-order valence-corrected chi connectivity index (χ0v) is 10.7. The predicted molar refractivity (Wildman–Crippen MR) is 65.0 cm³/mol. The molecule has 1 aromatic carbocycles. The van der Waals surface area contributed by atoms with Crippen molar-refractivity contribution >= 4 is 29.3 Å². The summed E-state index contributed by atoms with van der Waals surface area (Å²) in [6.07, 6.45) is -0.376. The number of nitrogens with zero attached hydrogens (tertiary/aromatic N) is 1. The quantitative estimate of drug-likeness (QED) is 0.833. The van der Waals surface area contributed by atoms with E-state index in [1.807, 2.05) is 6.07 Å². The molecule has 88 valence electrons. The van der Waals surface area contributed by atoms with Gasteiger partial charge in [-0.1, -0.05) is 35.3 Å². The Labute approximate surface area is 105 Å². The molecule has 0 atom stereocenters. The summed E-state index contributed by atoms with van der Waals surface area (Å²) in [5.41, 5.74) is 0.796. The molecule has 16 heavy (non-hydrogen) atoms. The van der Waals surface area contributed by atoms with E-state index in [-0.39, 0.29) is 6.09 Å². The van der Waals surface area contributed by atoms with Gasteiger partial charge in [-0.05, 0) is 18.6 Å². The van der Waals surface area contributed by atoms with Crippen LogP contribution in [0, 0.1) is 0 Å². The number of hydrogen-bond acceptors (Lipinski definition) is 2. The fourth-order valence-corrected chi connectivity index (χ4v) is 1.60. The van der Waals surface area contributed by atoms with Gasteiger partial charge in [0.05, 0.1) is 23.2 Å². The topological polar surface area (TPSA) is 29.5 Å². The first-order valence-corrected chi connectivity index (χ1v) is 5.62. The van der Waals surface area contributed by atoms with E-state index in [0.717, 1.165) is 5.56 Å². The normalized spacial score (nSPS) is 10.0. The van der Waals surface area contributed by atoms with E-state index in [4.69, 9.17) is 27.9 Å². The van der Waals surface area contributed by atoms with Crippen LogP contribution in [0.25, 0.3) is 0 Å². The average Bonchev–Trinajstić information content (AvgIpc) is 2.25. The van der Waals surface area contributed by atoms with E-state index in [9.17, 15) is 4.79 Å². The van der Waals surface area contributed by atoms with Gasteiger partial charge in [-0.2, -0.15) is 0 Å². The minimum absolute atomic E-state index is 0.354. The van der Waals surface area contributed by atoms with Crippen molar-refractivity contribution in [1.82, 2.24) is 4.90 Å². The minimum Gasteiger partial charge on any atom is -0.450 e. The molecule has 0 aliphatic rings. The maximum absolute atomic E-state index is 11.4. The van der Waals surface area contributed by atoms with Crippen molar-refractivity contribution in [2.45, 2.75) is 13.5 Å². The van der Waals surface area contributed by atoms with E-state index >= 15 is 0 Å². The molecule has 1 amide bonds. The summed E-state index contributed by atoms with van der Waals surface area (Å²) in [5.74, 6) is 0. The number of benzene rings is 1. The highest BCUT2D eigenvalue weighted by atomic mass is 35.5. The molecule has 0 saturated carbocycles. The predicted octanol–water partition coefficient (Wildman–Crippen LogP) is 3.58. The highest BCUT2D eigenvalue weighted by Gasteiger charge is 2.12. The first kappa shape index (κ1) is 13.1. The molecule has 0 aromatic heterocycles. The Bertz CT molecular complexity index is 382. The maximum Gasteiger partial charge on any atom is 0.409 e. The second-order valence-electron chi connectivity index (χ2n) is 3.27. The molecule has 1 rings (SSSR count). The van der Waals surface area contributed by atoms with Crippen molar-refractivity contribution in [3.63, 3.8) is 0 Å². The third-order valence-corrected chi connectivity index (χ3v) is 2.88. The number of carbonyl (C=O) groups is 1. The number of carbonyl (C=O) groups excluding carboxylic acids is 1. The lowest BCUT2D eigenvalue weighted by Gasteiger charge is -2.17. The summed E-state index contributed by atoms with van der Waals surface area (Å²) < 4.78 is 4.86. The molecule has 0 aliphatic heterocycles. The van der Waals surface area contributed by atoms with Gasteiger partial charge in [0, 0.05) is 7.05 Å². The molecular formula is C11H13Cl2NO2. The molecule has 5 heteroatoms. The molecule has 0 unspecified atom stereocenters. The maximum atomic E-state index is 11.4. The van der Waals surface area contributed by atoms with Crippen LogP contribution in [0.5, 0.6) is 0 Å². The van der Waals surface area contributed by atoms with Crippen molar-refractivity contribution in [1.29, 1.82) is 0 Å². The van der Waals surface area contributed by atoms with Crippen LogP contribution in [0.2, 0.25) is 10.0 Å². The Hall–Kier alpha value is -0.930. The Morgan fingerprint density at radius 3 is 2.75 bits per heavy atom. The smallest absolute Gasteiger partial charge is 0.409 e. The van der Waals surface area contributed by atoms with Crippen molar-refractivity contribution in [3.8, 4) is 0 Å². The van der Waals surface area contributed by atoms with Crippen LogP contribution in [0.15, 0.2) is 18.2 Å². The fourth-order valence-electron chi connectivity index (χ4n) is 1.22. The first-order chi connectivity index (χ1) is 7.56. The van der Waals surface area contributed by atoms with Gasteiger partial charge in [-0.25, -0.2) is 4.79 Å². The zero-order valence-electron chi connectivity index (χ0n) is 9.17. The Kier molecular flexibility index (Phi) is 4.90. The van der Waals surface area contributed by atoms with Crippen molar-refractivity contribution in [2.75, 3.05) is 13.7 Å². The number of rotatable bonds is 3. The molecule has 0 N–H and O–H groups in total. The fraction of sp³-hybridized carbons (Fsp3) is 0.364. The Balaban J connectivity index is 2.73.